The second kappa shape index (κ2) is 3.59. The van der Waals surface area contributed by atoms with Gasteiger partial charge in [0.1, 0.15) is 0 Å². The lowest BCUT2D eigenvalue weighted by molar-refractivity contribution is 0.266. The SMILES string of the molecule is CCC(C)C1CC=NC(C)(C)C1. The summed E-state index contributed by atoms with van der Waals surface area (Å²) in [4.78, 5) is 4.50. The summed E-state index contributed by atoms with van der Waals surface area (Å²) >= 11 is 0. The molecule has 1 rings (SSSR count). The van der Waals surface area contributed by atoms with E-state index in [2.05, 4.69) is 38.9 Å². The van der Waals surface area contributed by atoms with E-state index in [0.717, 1.165) is 11.8 Å². The summed E-state index contributed by atoms with van der Waals surface area (Å²) in [6.07, 6.45) is 5.88. The Morgan fingerprint density at radius 2 is 2.25 bits per heavy atom. The van der Waals surface area contributed by atoms with E-state index in [4.69, 9.17) is 0 Å². The summed E-state index contributed by atoms with van der Waals surface area (Å²) in [6, 6.07) is 0. The highest BCUT2D eigenvalue weighted by atomic mass is 14.8. The predicted molar refractivity (Wildman–Crippen MR) is 54.8 cm³/mol. The summed E-state index contributed by atoms with van der Waals surface area (Å²) in [6.45, 7) is 9.11. The molecule has 0 aromatic carbocycles. The first-order valence-electron chi connectivity index (χ1n) is 5.09. The van der Waals surface area contributed by atoms with Crippen LogP contribution >= 0.6 is 0 Å². The number of hydrogen-bond donors (Lipinski definition) is 0. The Bertz CT molecular complexity index is 170. The topological polar surface area (TPSA) is 12.4 Å². The fourth-order valence-electron chi connectivity index (χ4n) is 1.98. The number of hydrogen-bond acceptors (Lipinski definition) is 1. The van der Waals surface area contributed by atoms with Crippen LogP contribution in [0.5, 0.6) is 0 Å². The smallest absolute Gasteiger partial charge is 0.0551 e. The molecular formula is C11H21N. The molecule has 1 nitrogen and oxygen atoms in total. The van der Waals surface area contributed by atoms with Crippen LogP contribution in [-0.2, 0) is 0 Å². The lowest BCUT2D eigenvalue weighted by Gasteiger charge is -2.33. The predicted octanol–water partition coefficient (Wildman–Crippen LogP) is 3.29. The fourth-order valence-corrected chi connectivity index (χ4v) is 1.98. The maximum Gasteiger partial charge on any atom is 0.0551 e. The van der Waals surface area contributed by atoms with Crippen LogP contribution in [0.2, 0.25) is 0 Å². The van der Waals surface area contributed by atoms with Gasteiger partial charge in [0.2, 0.25) is 0 Å². The Kier molecular flexibility index (Phi) is 2.92. The van der Waals surface area contributed by atoms with E-state index in [1.807, 2.05) is 0 Å². The molecule has 0 aliphatic carbocycles. The third-order valence-electron chi connectivity index (χ3n) is 3.06. The highest BCUT2D eigenvalue weighted by molar-refractivity contribution is 5.59. The molecule has 1 aliphatic heterocycles. The van der Waals surface area contributed by atoms with Crippen molar-refractivity contribution in [1.29, 1.82) is 0 Å². The van der Waals surface area contributed by atoms with Gasteiger partial charge in [-0.2, -0.15) is 0 Å². The van der Waals surface area contributed by atoms with E-state index in [-0.39, 0.29) is 5.54 Å². The number of rotatable bonds is 2. The Balaban J connectivity index is 2.56. The summed E-state index contributed by atoms with van der Waals surface area (Å²) < 4.78 is 0. The molecule has 0 N–H and O–H groups in total. The summed E-state index contributed by atoms with van der Waals surface area (Å²) in [5.41, 5.74) is 0.201. The van der Waals surface area contributed by atoms with Crippen molar-refractivity contribution in [2.24, 2.45) is 16.8 Å². The van der Waals surface area contributed by atoms with Crippen molar-refractivity contribution >= 4 is 6.21 Å². The Hall–Kier alpha value is -0.330. The molecule has 0 fully saturated rings. The molecule has 0 amide bonds. The van der Waals surface area contributed by atoms with Crippen LogP contribution in [0.15, 0.2) is 4.99 Å². The maximum absolute atomic E-state index is 4.50. The van der Waals surface area contributed by atoms with Crippen LogP contribution in [0.25, 0.3) is 0 Å². The van der Waals surface area contributed by atoms with Gasteiger partial charge in [-0.25, -0.2) is 0 Å². The van der Waals surface area contributed by atoms with Gasteiger partial charge in [0.05, 0.1) is 5.54 Å². The van der Waals surface area contributed by atoms with Crippen molar-refractivity contribution in [2.45, 2.75) is 52.5 Å². The average molecular weight is 167 g/mol. The molecule has 0 spiro atoms. The minimum absolute atomic E-state index is 0.201. The molecule has 0 aromatic rings. The van der Waals surface area contributed by atoms with Gasteiger partial charge < -0.3 is 0 Å². The van der Waals surface area contributed by atoms with Gasteiger partial charge in [0.15, 0.2) is 0 Å². The lowest BCUT2D eigenvalue weighted by Crippen LogP contribution is -2.29. The molecule has 0 radical (unpaired) electrons. The number of aliphatic imine (C=N–C) groups is 1. The monoisotopic (exact) mass is 167 g/mol. The normalized spacial score (nSPS) is 30.2. The lowest BCUT2D eigenvalue weighted by atomic mass is 9.78. The Morgan fingerprint density at radius 3 is 2.75 bits per heavy atom. The van der Waals surface area contributed by atoms with Crippen molar-refractivity contribution in [1.82, 2.24) is 0 Å². The van der Waals surface area contributed by atoms with Crippen molar-refractivity contribution < 1.29 is 0 Å². The highest BCUT2D eigenvalue weighted by Crippen LogP contribution is 2.32. The molecule has 12 heavy (non-hydrogen) atoms. The van der Waals surface area contributed by atoms with Crippen LogP contribution in [0.4, 0.5) is 0 Å². The first-order chi connectivity index (χ1) is 5.55. The third kappa shape index (κ3) is 2.33. The first kappa shape index (κ1) is 9.76. The zero-order chi connectivity index (χ0) is 9.19. The van der Waals surface area contributed by atoms with E-state index >= 15 is 0 Å². The van der Waals surface area contributed by atoms with Gasteiger partial charge in [-0.15, -0.1) is 0 Å². The fraction of sp³-hybridized carbons (Fsp3) is 0.909. The van der Waals surface area contributed by atoms with E-state index in [0.29, 0.717) is 0 Å². The van der Waals surface area contributed by atoms with Crippen molar-refractivity contribution in [3.05, 3.63) is 0 Å². The molecule has 0 saturated heterocycles. The van der Waals surface area contributed by atoms with Gasteiger partial charge >= 0.3 is 0 Å². The number of nitrogens with zero attached hydrogens (tertiary/aromatic N) is 1. The van der Waals surface area contributed by atoms with E-state index in [1.54, 1.807) is 0 Å². The summed E-state index contributed by atoms with van der Waals surface area (Å²) in [5.74, 6) is 1.72. The second-order valence-electron chi connectivity index (χ2n) is 4.71. The van der Waals surface area contributed by atoms with Crippen molar-refractivity contribution in [3.63, 3.8) is 0 Å². The molecule has 0 saturated carbocycles. The van der Waals surface area contributed by atoms with Gasteiger partial charge in [-0.3, -0.25) is 4.99 Å². The van der Waals surface area contributed by atoms with Crippen LogP contribution in [0.3, 0.4) is 0 Å². The summed E-state index contributed by atoms with van der Waals surface area (Å²) in [7, 11) is 0. The Labute approximate surface area is 76.3 Å². The van der Waals surface area contributed by atoms with E-state index < -0.39 is 0 Å². The molecule has 1 aliphatic rings. The molecular weight excluding hydrogens is 146 g/mol. The second-order valence-corrected chi connectivity index (χ2v) is 4.71. The molecule has 70 valence electrons. The zero-order valence-corrected chi connectivity index (χ0v) is 8.80. The van der Waals surface area contributed by atoms with Gasteiger partial charge in [-0.1, -0.05) is 20.3 Å². The molecule has 1 heterocycles. The quantitative estimate of drug-likeness (QED) is 0.598. The van der Waals surface area contributed by atoms with Gasteiger partial charge in [-0.05, 0) is 44.7 Å². The largest absolute Gasteiger partial charge is 0.291 e. The minimum Gasteiger partial charge on any atom is -0.291 e. The highest BCUT2D eigenvalue weighted by Gasteiger charge is 2.27. The van der Waals surface area contributed by atoms with E-state index in [1.165, 1.54) is 19.3 Å². The zero-order valence-electron chi connectivity index (χ0n) is 8.80. The van der Waals surface area contributed by atoms with Crippen LogP contribution in [0.1, 0.15) is 47.0 Å². The van der Waals surface area contributed by atoms with Crippen LogP contribution in [0, 0.1) is 11.8 Å². The Morgan fingerprint density at radius 1 is 1.58 bits per heavy atom. The summed E-state index contributed by atoms with van der Waals surface area (Å²) in [5, 5.41) is 0. The maximum atomic E-state index is 4.50. The van der Waals surface area contributed by atoms with E-state index in [9.17, 15) is 0 Å². The van der Waals surface area contributed by atoms with Crippen molar-refractivity contribution in [2.75, 3.05) is 0 Å². The standard InChI is InChI=1S/C11H21N/c1-5-9(2)10-6-7-12-11(3,4)8-10/h7,9-10H,5-6,8H2,1-4H3. The van der Waals surface area contributed by atoms with Gasteiger partial charge in [0.25, 0.3) is 0 Å². The molecule has 0 bridgehead atoms. The third-order valence-corrected chi connectivity index (χ3v) is 3.06. The van der Waals surface area contributed by atoms with Crippen LogP contribution in [-0.4, -0.2) is 11.8 Å². The average Bonchev–Trinajstić information content (AvgIpc) is 2.01. The molecule has 1 heteroatoms. The first-order valence-corrected chi connectivity index (χ1v) is 5.09. The minimum atomic E-state index is 0.201. The van der Waals surface area contributed by atoms with Crippen LogP contribution < -0.4 is 0 Å². The van der Waals surface area contributed by atoms with Gasteiger partial charge in [0, 0.05) is 0 Å². The molecule has 0 aromatic heterocycles. The molecule has 2 atom stereocenters. The van der Waals surface area contributed by atoms with Crippen molar-refractivity contribution in [3.8, 4) is 0 Å². The molecule has 2 unspecified atom stereocenters.